The largest absolute Gasteiger partial charge is 0.377 e. The van der Waals surface area contributed by atoms with E-state index in [2.05, 4.69) is 19.8 Å². The van der Waals surface area contributed by atoms with Crippen LogP contribution in [0.1, 0.15) is 19.0 Å². The Hall–Kier alpha value is -1.21. The van der Waals surface area contributed by atoms with Gasteiger partial charge in [0, 0.05) is 31.7 Å². The summed E-state index contributed by atoms with van der Waals surface area (Å²) in [6.45, 7) is 4.21. The number of hydrogen-bond donors (Lipinski definition) is 2. The molecule has 1 aliphatic rings. The standard InChI is InChI=1S/C10H17N5OS/c1-10(9(11)16)3-4-15(6-10)5-7-8(12-2)17-14-13-7/h12H,3-6H2,1-2H3,(H2,11,16). The smallest absolute Gasteiger partial charge is 0.224 e. The van der Waals surface area contributed by atoms with E-state index < -0.39 is 5.41 Å². The lowest BCUT2D eigenvalue weighted by atomic mass is 9.89. The predicted octanol–water partition coefficient (Wildman–Crippen LogP) is 0.277. The van der Waals surface area contributed by atoms with Gasteiger partial charge in [0.25, 0.3) is 0 Å². The van der Waals surface area contributed by atoms with Gasteiger partial charge in [-0.2, -0.15) is 0 Å². The summed E-state index contributed by atoms with van der Waals surface area (Å²) in [6, 6.07) is 0. The number of rotatable bonds is 4. The predicted molar refractivity (Wildman–Crippen MR) is 66.7 cm³/mol. The van der Waals surface area contributed by atoms with Crippen LogP contribution in [-0.2, 0) is 11.3 Å². The minimum Gasteiger partial charge on any atom is -0.377 e. The fourth-order valence-corrected chi connectivity index (χ4v) is 2.63. The summed E-state index contributed by atoms with van der Waals surface area (Å²) in [4.78, 5) is 13.5. The van der Waals surface area contributed by atoms with Gasteiger partial charge in [0.2, 0.25) is 5.91 Å². The normalized spacial score (nSPS) is 25.1. The van der Waals surface area contributed by atoms with Crippen molar-refractivity contribution in [2.45, 2.75) is 19.9 Å². The van der Waals surface area contributed by atoms with Crippen molar-refractivity contribution in [2.24, 2.45) is 11.1 Å². The molecule has 17 heavy (non-hydrogen) atoms. The summed E-state index contributed by atoms with van der Waals surface area (Å²) in [5.41, 5.74) is 5.96. The Morgan fingerprint density at radius 3 is 3.06 bits per heavy atom. The zero-order valence-electron chi connectivity index (χ0n) is 10.1. The maximum atomic E-state index is 11.4. The lowest BCUT2D eigenvalue weighted by molar-refractivity contribution is -0.126. The molecule has 1 unspecified atom stereocenters. The number of anilines is 1. The minimum atomic E-state index is -0.400. The quantitative estimate of drug-likeness (QED) is 0.807. The van der Waals surface area contributed by atoms with Gasteiger partial charge in [-0.05, 0) is 19.9 Å². The Morgan fingerprint density at radius 1 is 1.71 bits per heavy atom. The fourth-order valence-electron chi connectivity index (χ4n) is 2.11. The molecule has 2 rings (SSSR count). The molecular formula is C10H17N5OS. The zero-order valence-corrected chi connectivity index (χ0v) is 10.9. The highest BCUT2D eigenvalue weighted by atomic mass is 32.1. The summed E-state index contributed by atoms with van der Waals surface area (Å²) >= 11 is 1.35. The van der Waals surface area contributed by atoms with Crippen LogP contribution in [-0.4, -0.2) is 40.5 Å². The number of carbonyl (C=O) groups is 1. The van der Waals surface area contributed by atoms with E-state index in [4.69, 9.17) is 5.73 Å². The zero-order chi connectivity index (χ0) is 12.5. The van der Waals surface area contributed by atoms with Crippen molar-refractivity contribution in [1.29, 1.82) is 0 Å². The molecule has 1 atom stereocenters. The van der Waals surface area contributed by atoms with E-state index >= 15 is 0 Å². The Bertz CT molecular complexity index is 421. The number of nitrogens with zero attached hydrogens (tertiary/aromatic N) is 3. The van der Waals surface area contributed by atoms with E-state index in [1.54, 1.807) is 0 Å². The van der Waals surface area contributed by atoms with Gasteiger partial charge < -0.3 is 11.1 Å². The van der Waals surface area contributed by atoms with Gasteiger partial charge in [-0.1, -0.05) is 4.49 Å². The number of likely N-dealkylation sites (tertiary alicyclic amines) is 1. The Kier molecular flexibility index (Phi) is 3.30. The second-order valence-electron chi connectivity index (χ2n) is 4.68. The highest BCUT2D eigenvalue weighted by Crippen LogP contribution is 2.31. The van der Waals surface area contributed by atoms with Gasteiger partial charge in [-0.25, -0.2) is 0 Å². The lowest BCUT2D eigenvalue weighted by Crippen LogP contribution is -2.37. The summed E-state index contributed by atoms with van der Waals surface area (Å²) in [7, 11) is 1.86. The van der Waals surface area contributed by atoms with E-state index in [0.29, 0.717) is 6.54 Å². The van der Waals surface area contributed by atoms with Crippen LogP contribution in [0.2, 0.25) is 0 Å². The van der Waals surface area contributed by atoms with Gasteiger partial charge in [0.05, 0.1) is 5.41 Å². The summed E-state index contributed by atoms with van der Waals surface area (Å²) in [5, 5.41) is 8.14. The molecule has 0 aromatic carbocycles. The van der Waals surface area contributed by atoms with Gasteiger partial charge in [-0.15, -0.1) is 5.10 Å². The van der Waals surface area contributed by atoms with Crippen LogP contribution in [0.3, 0.4) is 0 Å². The van der Waals surface area contributed by atoms with Crippen molar-refractivity contribution >= 4 is 22.4 Å². The van der Waals surface area contributed by atoms with Crippen LogP contribution in [0.25, 0.3) is 0 Å². The molecule has 6 nitrogen and oxygen atoms in total. The second kappa shape index (κ2) is 4.58. The highest BCUT2D eigenvalue weighted by molar-refractivity contribution is 7.10. The van der Waals surface area contributed by atoms with E-state index in [9.17, 15) is 4.79 Å². The van der Waals surface area contributed by atoms with Gasteiger partial charge >= 0.3 is 0 Å². The molecule has 94 valence electrons. The Morgan fingerprint density at radius 2 is 2.47 bits per heavy atom. The van der Waals surface area contributed by atoms with E-state index in [1.165, 1.54) is 11.5 Å². The maximum absolute atomic E-state index is 11.4. The van der Waals surface area contributed by atoms with Crippen molar-refractivity contribution in [3.8, 4) is 0 Å². The van der Waals surface area contributed by atoms with Crippen LogP contribution < -0.4 is 11.1 Å². The molecule has 1 saturated heterocycles. The molecule has 1 aromatic heterocycles. The number of primary amides is 1. The molecule has 0 radical (unpaired) electrons. The SMILES string of the molecule is CNc1snnc1CN1CCC(C)(C(N)=O)C1. The first-order valence-corrected chi connectivity index (χ1v) is 6.34. The number of hydrogen-bond acceptors (Lipinski definition) is 6. The number of nitrogens with one attached hydrogen (secondary N) is 1. The summed E-state index contributed by atoms with van der Waals surface area (Å²) in [5.74, 6) is -0.217. The first kappa shape index (κ1) is 12.3. The van der Waals surface area contributed by atoms with E-state index in [0.717, 1.165) is 30.2 Å². The third-order valence-electron chi connectivity index (χ3n) is 3.30. The molecule has 1 aliphatic heterocycles. The number of carbonyl (C=O) groups excluding carboxylic acids is 1. The molecule has 0 saturated carbocycles. The van der Waals surface area contributed by atoms with Crippen molar-refractivity contribution in [2.75, 3.05) is 25.5 Å². The molecule has 1 fully saturated rings. The van der Waals surface area contributed by atoms with Crippen molar-refractivity contribution in [1.82, 2.24) is 14.5 Å². The molecule has 1 aromatic rings. The first-order valence-electron chi connectivity index (χ1n) is 5.56. The fraction of sp³-hybridized carbons (Fsp3) is 0.700. The number of aromatic nitrogens is 2. The van der Waals surface area contributed by atoms with Crippen molar-refractivity contribution in [3.63, 3.8) is 0 Å². The van der Waals surface area contributed by atoms with E-state index in [1.807, 2.05) is 14.0 Å². The molecule has 2 heterocycles. The summed E-state index contributed by atoms with van der Waals surface area (Å²) < 4.78 is 3.92. The van der Waals surface area contributed by atoms with Crippen LogP contribution in [0.5, 0.6) is 0 Å². The number of nitrogens with two attached hydrogens (primary N) is 1. The Balaban J connectivity index is 2.01. The van der Waals surface area contributed by atoms with E-state index in [-0.39, 0.29) is 5.91 Å². The van der Waals surface area contributed by atoms with Crippen LogP contribution in [0.15, 0.2) is 0 Å². The third-order valence-corrected chi connectivity index (χ3v) is 4.09. The average molecular weight is 255 g/mol. The van der Waals surface area contributed by atoms with Gasteiger partial charge in [-0.3, -0.25) is 9.69 Å². The molecule has 3 N–H and O–H groups in total. The lowest BCUT2D eigenvalue weighted by Gasteiger charge is -2.20. The molecule has 7 heteroatoms. The van der Waals surface area contributed by atoms with Gasteiger partial charge in [0.15, 0.2) is 0 Å². The Labute approximate surface area is 104 Å². The van der Waals surface area contributed by atoms with Crippen LogP contribution in [0, 0.1) is 5.41 Å². The maximum Gasteiger partial charge on any atom is 0.224 e. The number of amides is 1. The molecule has 0 spiro atoms. The summed E-state index contributed by atoms with van der Waals surface area (Å²) in [6.07, 6.45) is 0.814. The highest BCUT2D eigenvalue weighted by Gasteiger charge is 2.39. The van der Waals surface area contributed by atoms with Crippen molar-refractivity contribution < 1.29 is 4.79 Å². The van der Waals surface area contributed by atoms with Crippen LogP contribution >= 0.6 is 11.5 Å². The topological polar surface area (TPSA) is 84.1 Å². The second-order valence-corrected chi connectivity index (χ2v) is 5.44. The molecular weight excluding hydrogens is 238 g/mol. The first-order chi connectivity index (χ1) is 8.05. The van der Waals surface area contributed by atoms with Crippen molar-refractivity contribution in [3.05, 3.63) is 5.69 Å². The van der Waals surface area contributed by atoms with Crippen LogP contribution in [0.4, 0.5) is 5.00 Å². The molecule has 0 bridgehead atoms. The molecule has 0 aliphatic carbocycles. The minimum absolute atomic E-state index is 0.217. The monoisotopic (exact) mass is 255 g/mol. The third kappa shape index (κ3) is 2.39. The van der Waals surface area contributed by atoms with Gasteiger partial charge in [0.1, 0.15) is 10.7 Å². The molecule has 1 amide bonds. The average Bonchev–Trinajstić information content (AvgIpc) is 2.87.